The number of ether oxygens (including phenoxy) is 1. The fourth-order valence-corrected chi connectivity index (χ4v) is 8.93. The Morgan fingerprint density at radius 3 is 1.08 bits per heavy atom. The van der Waals surface area contributed by atoms with Crippen molar-refractivity contribution in [2.24, 2.45) is 0 Å². The number of unbranched alkanes of at least 4 members (excludes halogenated alkanes) is 42. The zero-order valence-electron chi connectivity index (χ0n) is 42.6. The van der Waals surface area contributed by atoms with Crippen LogP contribution in [0.4, 0.5) is 0 Å². The van der Waals surface area contributed by atoms with Crippen LogP contribution in [-0.2, 0) is 14.3 Å². The highest BCUT2D eigenvalue weighted by molar-refractivity contribution is 5.76. The second-order valence-electron chi connectivity index (χ2n) is 19.6. The standard InChI is InChI=1S/C57H111NO5/c1-3-5-7-9-11-13-15-16-23-27-31-35-39-43-47-51-57(62)63-52-48-44-40-36-32-28-25-22-20-18-17-19-21-24-26-30-34-38-42-46-50-56(61)58-54(53-59)55(60)49-45-41-37-33-29-14-12-10-8-6-4-2/h45,49,54-55,59-60H,3-44,46-48,50-53H2,1-2H3,(H,58,61)/b49-45+. The van der Waals surface area contributed by atoms with Crippen molar-refractivity contribution in [3.8, 4) is 0 Å². The molecule has 0 radical (unpaired) electrons. The van der Waals surface area contributed by atoms with Crippen LogP contribution in [0.25, 0.3) is 0 Å². The first-order valence-corrected chi connectivity index (χ1v) is 28.5. The average Bonchev–Trinajstić information content (AvgIpc) is 3.28. The number of aliphatic hydroxyl groups is 2. The second kappa shape index (κ2) is 53.2. The quantitative estimate of drug-likeness (QED) is 0.0321. The van der Waals surface area contributed by atoms with Gasteiger partial charge in [-0.2, -0.15) is 0 Å². The predicted octanol–water partition coefficient (Wildman–Crippen LogP) is 17.3. The van der Waals surface area contributed by atoms with Gasteiger partial charge in [0.2, 0.25) is 5.91 Å². The highest BCUT2D eigenvalue weighted by Crippen LogP contribution is 2.17. The highest BCUT2D eigenvalue weighted by Gasteiger charge is 2.18. The van der Waals surface area contributed by atoms with Crippen molar-refractivity contribution in [1.29, 1.82) is 0 Å². The molecule has 0 aromatic carbocycles. The van der Waals surface area contributed by atoms with Crippen LogP contribution in [0.3, 0.4) is 0 Å². The van der Waals surface area contributed by atoms with Gasteiger partial charge in [0.05, 0.1) is 25.4 Å². The number of hydrogen-bond donors (Lipinski definition) is 3. The summed E-state index contributed by atoms with van der Waals surface area (Å²) in [6, 6.07) is -0.627. The molecular formula is C57H111NO5. The van der Waals surface area contributed by atoms with Gasteiger partial charge in [-0.1, -0.05) is 283 Å². The Hall–Kier alpha value is -1.40. The Labute approximate surface area is 393 Å². The lowest BCUT2D eigenvalue weighted by Crippen LogP contribution is -2.45. The topological polar surface area (TPSA) is 95.9 Å². The number of hydrogen-bond acceptors (Lipinski definition) is 5. The maximum Gasteiger partial charge on any atom is 0.305 e. The molecule has 0 aliphatic heterocycles. The molecular weight excluding hydrogens is 779 g/mol. The van der Waals surface area contributed by atoms with E-state index in [2.05, 4.69) is 19.2 Å². The number of amides is 1. The van der Waals surface area contributed by atoms with Crippen LogP contribution in [0.1, 0.15) is 316 Å². The summed E-state index contributed by atoms with van der Waals surface area (Å²) >= 11 is 0. The lowest BCUT2D eigenvalue weighted by molar-refractivity contribution is -0.143. The maximum absolute atomic E-state index is 12.4. The van der Waals surface area contributed by atoms with Crippen LogP contribution in [-0.4, -0.2) is 47.4 Å². The van der Waals surface area contributed by atoms with Gasteiger partial charge in [0.15, 0.2) is 0 Å². The fourth-order valence-electron chi connectivity index (χ4n) is 8.93. The normalized spacial score (nSPS) is 12.6. The second-order valence-corrected chi connectivity index (χ2v) is 19.6. The van der Waals surface area contributed by atoms with Crippen LogP contribution in [0.15, 0.2) is 12.2 Å². The van der Waals surface area contributed by atoms with Crippen LogP contribution >= 0.6 is 0 Å². The van der Waals surface area contributed by atoms with Gasteiger partial charge in [-0.15, -0.1) is 0 Å². The molecule has 0 aromatic rings. The third kappa shape index (κ3) is 49.9. The molecule has 0 fully saturated rings. The maximum atomic E-state index is 12.4. The smallest absolute Gasteiger partial charge is 0.305 e. The number of aliphatic hydroxyl groups excluding tert-OH is 2. The summed E-state index contributed by atoms with van der Waals surface area (Å²) in [4.78, 5) is 24.5. The minimum Gasteiger partial charge on any atom is -0.466 e. The fraction of sp³-hybridized carbons (Fsp3) is 0.930. The molecule has 0 rings (SSSR count). The van der Waals surface area contributed by atoms with Gasteiger partial charge in [-0.3, -0.25) is 9.59 Å². The molecule has 0 bridgehead atoms. The Balaban J connectivity index is 3.37. The number of carbonyl (C=O) groups excluding carboxylic acids is 2. The minimum atomic E-state index is -0.843. The summed E-state index contributed by atoms with van der Waals surface area (Å²) in [6.07, 6.45) is 62.3. The molecule has 0 aliphatic carbocycles. The largest absolute Gasteiger partial charge is 0.466 e. The van der Waals surface area contributed by atoms with E-state index in [1.54, 1.807) is 6.08 Å². The summed E-state index contributed by atoms with van der Waals surface area (Å²) < 4.78 is 5.48. The molecule has 0 saturated carbocycles. The number of esters is 1. The molecule has 2 unspecified atom stereocenters. The summed E-state index contributed by atoms with van der Waals surface area (Å²) in [7, 11) is 0. The van der Waals surface area contributed by atoms with Crippen molar-refractivity contribution >= 4 is 11.9 Å². The summed E-state index contributed by atoms with van der Waals surface area (Å²) in [5, 5.41) is 23.0. The number of allylic oxidation sites excluding steroid dienone is 1. The average molecular weight is 891 g/mol. The number of rotatable bonds is 53. The van der Waals surface area contributed by atoms with E-state index < -0.39 is 12.1 Å². The van der Waals surface area contributed by atoms with Crippen molar-refractivity contribution in [2.45, 2.75) is 328 Å². The Kier molecular flexibility index (Phi) is 52.0. The molecule has 0 aliphatic rings. The zero-order chi connectivity index (χ0) is 45.8. The molecule has 0 spiro atoms. The highest BCUT2D eigenvalue weighted by atomic mass is 16.5. The lowest BCUT2D eigenvalue weighted by Gasteiger charge is -2.20. The molecule has 0 aromatic heterocycles. The van der Waals surface area contributed by atoms with Gasteiger partial charge in [-0.05, 0) is 32.1 Å². The molecule has 6 nitrogen and oxygen atoms in total. The van der Waals surface area contributed by atoms with E-state index in [9.17, 15) is 19.8 Å². The number of nitrogens with one attached hydrogen (secondary N) is 1. The van der Waals surface area contributed by atoms with Crippen molar-refractivity contribution < 1.29 is 24.5 Å². The molecule has 374 valence electrons. The van der Waals surface area contributed by atoms with Crippen molar-refractivity contribution in [2.75, 3.05) is 13.2 Å². The van der Waals surface area contributed by atoms with Crippen LogP contribution < -0.4 is 5.32 Å². The third-order valence-electron chi connectivity index (χ3n) is 13.3. The molecule has 1 amide bonds. The third-order valence-corrected chi connectivity index (χ3v) is 13.3. The molecule has 3 N–H and O–H groups in total. The molecule has 0 saturated heterocycles. The van der Waals surface area contributed by atoms with E-state index in [0.717, 1.165) is 38.5 Å². The first kappa shape index (κ1) is 61.6. The van der Waals surface area contributed by atoms with Crippen LogP contribution in [0, 0.1) is 0 Å². The van der Waals surface area contributed by atoms with E-state index in [-0.39, 0.29) is 18.5 Å². The number of carbonyl (C=O) groups is 2. The van der Waals surface area contributed by atoms with Gasteiger partial charge < -0.3 is 20.3 Å². The molecule has 6 heteroatoms. The van der Waals surface area contributed by atoms with Crippen molar-refractivity contribution in [3.05, 3.63) is 12.2 Å². The van der Waals surface area contributed by atoms with Crippen molar-refractivity contribution in [1.82, 2.24) is 5.32 Å². The SMILES string of the molecule is CCCCCCCCCCC/C=C/C(O)C(CO)NC(=O)CCCCCCCCCCCCCCCCCCCCCCOC(=O)CCCCCCCCCCCCCCCCC. The predicted molar refractivity (Wildman–Crippen MR) is 273 cm³/mol. The first-order valence-electron chi connectivity index (χ1n) is 28.5. The Morgan fingerprint density at radius 2 is 0.730 bits per heavy atom. The summed E-state index contributed by atoms with van der Waals surface area (Å²) in [5.74, 6) is -0.0570. The molecule has 63 heavy (non-hydrogen) atoms. The van der Waals surface area contributed by atoms with Gasteiger partial charge >= 0.3 is 5.97 Å². The Morgan fingerprint density at radius 1 is 0.429 bits per heavy atom. The lowest BCUT2D eigenvalue weighted by atomic mass is 10.0. The molecule has 0 heterocycles. The van der Waals surface area contributed by atoms with Crippen molar-refractivity contribution in [3.63, 3.8) is 0 Å². The van der Waals surface area contributed by atoms with E-state index in [1.807, 2.05) is 6.08 Å². The van der Waals surface area contributed by atoms with E-state index in [1.165, 1.54) is 250 Å². The van der Waals surface area contributed by atoms with Gasteiger partial charge in [0, 0.05) is 12.8 Å². The first-order chi connectivity index (χ1) is 31.0. The van der Waals surface area contributed by atoms with E-state index in [4.69, 9.17) is 4.74 Å². The van der Waals surface area contributed by atoms with Gasteiger partial charge in [-0.25, -0.2) is 0 Å². The van der Waals surface area contributed by atoms with E-state index in [0.29, 0.717) is 19.4 Å². The zero-order valence-corrected chi connectivity index (χ0v) is 42.6. The molecule has 2 atom stereocenters. The van der Waals surface area contributed by atoms with Crippen LogP contribution in [0.5, 0.6) is 0 Å². The van der Waals surface area contributed by atoms with Gasteiger partial charge in [0.25, 0.3) is 0 Å². The van der Waals surface area contributed by atoms with Crippen LogP contribution in [0.2, 0.25) is 0 Å². The Bertz CT molecular complexity index is 939. The van der Waals surface area contributed by atoms with E-state index >= 15 is 0 Å². The van der Waals surface area contributed by atoms with Gasteiger partial charge in [0.1, 0.15) is 0 Å². The summed E-state index contributed by atoms with van der Waals surface area (Å²) in [6.45, 7) is 4.90. The minimum absolute atomic E-state index is 0.0130. The summed E-state index contributed by atoms with van der Waals surface area (Å²) in [5.41, 5.74) is 0. The monoisotopic (exact) mass is 890 g/mol.